The number of rotatable bonds is 5. The number of hydrogen-bond acceptors (Lipinski definition) is 5. The molecule has 4 heterocycles. The van der Waals surface area contributed by atoms with E-state index in [9.17, 15) is 0 Å². The van der Waals surface area contributed by atoms with Crippen LogP contribution in [0.2, 0.25) is 0 Å². The molecule has 0 spiro atoms. The molecule has 8 aromatic carbocycles. The van der Waals surface area contributed by atoms with Crippen LogP contribution in [0.25, 0.3) is 115 Å². The standard InChI is InChI=1S/C51H30N4OS/c1-3-14-31(15-4-1)33-26-27-37-40-29-34(55-42-22-10-7-18-35(42)36-19-8-11-23-43(36)55)30-41(48(40)57-46(37)28-33)51-53-49(32-16-5-2-6-17-32)52-50(54-51)39-21-13-25-45-47(39)38-20-9-12-24-44(38)56-45/h1-30H. The molecule has 0 aliphatic carbocycles. The monoisotopic (exact) mass is 746 g/mol. The second-order valence-electron chi connectivity index (χ2n) is 14.4. The van der Waals surface area contributed by atoms with Crippen LogP contribution >= 0.6 is 11.3 Å². The topological polar surface area (TPSA) is 56.7 Å². The minimum atomic E-state index is 0.596. The first-order valence-electron chi connectivity index (χ1n) is 19.0. The smallest absolute Gasteiger partial charge is 0.165 e. The Bertz CT molecular complexity index is 3470. The quantitative estimate of drug-likeness (QED) is 0.176. The van der Waals surface area contributed by atoms with Gasteiger partial charge in [-0.2, -0.15) is 0 Å². The lowest BCUT2D eigenvalue weighted by Crippen LogP contribution is -2.01. The molecule has 0 amide bonds. The second kappa shape index (κ2) is 12.6. The van der Waals surface area contributed by atoms with Crippen LogP contribution in [0.3, 0.4) is 0 Å². The van der Waals surface area contributed by atoms with Crippen molar-refractivity contribution in [3.63, 3.8) is 0 Å². The summed E-state index contributed by atoms with van der Waals surface area (Å²) in [5.41, 5.74) is 10.1. The minimum absolute atomic E-state index is 0.596. The van der Waals surface area contributed by atoms with Crippen molar-refractivity contribution < 1.29 is 4.42 Å². The van der Waals surface area contributed by atoms with E-state index in [4.69, 9.17) is 19.4 Å². The number of hydrogen-bond donors (Lipinski definition) is 0. The van der Waals surface area contributed by atoms with Crippen molar-refractivity contribution in [2.75, 3.05) is 0 Å². The van der Waals surface area contributed by atoms with Gasteiger partial charge < -0.3 is 8.98 Å². The Labute approximate surface area is 330 Å². The molecule has 5 nitrogen and oxygen atoms in total. The largest absolute Gasteiger partial charge is 0.456 e. The highest BCUT2D eigenvalue weighted by Gasteiger charge is 2.22. The van der Waals surface area contributed by atoms with E-state index >= 15 is 0 Å². The highest BCUT2D eigenvalue weighted by atomic mass is 32.1. The first-order chi connectivity index (χ1) is 28.2. The number of fused-ring (bicyclic) bond motifs is 9. The minimum Gasteiger partial charge on any atom is -0.456 e. The summed E-state index contributed by atoms with van der Waals surface area (Å²) in [5.74, 6) is 1.83. The highest BCUT2D eigenvalue weighted by Crippen LogP contribution is 2.44. The van der Waals surface area contributed by atoms with Gasteiger partial charge in [-0.15, -0.1) is 11.3 Å². The first kappa shape index (κ1) is 31.9. The van der Waals surface area contributed by atoms with Crippen LogP contribution in [0.1, 0.15) is 0 Å². The van der Waals surface area contributed by atoms with Crippen molar-refractivity contribution in [1.82, 2.24) is 19.5 Å². The van der Waals surface area contributed by atoms with Crippen molar-refractivity contribution in [2.45, 2.75) is 0 Å². The highest BCUT2D eigenvalue weighted by molar-refractivity contribution is 7.26. The predicted molar refractivity (Wildman–Crippen MR) is 236 cm³/mol. The zero-order chi connectivity index (χ0) is 37.5. The van der Waals surface area contributed by atoms with Gasteiger partial charge in [0, 0.05) is 64.1 Å². The summed E-state index contributed by atoms with van der Waals surface area (Å²) < 4.78 is 11.1. The molecule has 0 radical (unpaired) electrons. The number of aromatic nitrogens is 4. The Balaban J connectivity index is 1.18. The third-order valence-corrected chi connectivity index (χ3v) is 12.3. The number of nitrogens with zero attached hydrogens (tertiary/aromatic N) is 4. The SMILES string of the molecule is c1ccc(-c2ccc3c(c2)sc2c(-c4nc(-c5ccccc5)nc(-c5cccc6oc7ccccc7c56)n4)cc(-n4c5ccccc5c5ccccc54)cc23)cc1. The molecule has 0 aliphatic heterocycles. The molecular formula is C51H30N4OS. The van der Waals surface area contributed by atoms with E-state index in [-0.39, 0.29) is 0 Å². The molecule has 0 N–H and O–H groups in total. The van der Waals surface area contributed by atoms with Gasteiger partial charge in [0.15, 0.2) is 17.5 Å². The van der Waals surface area contributed by atoms with E-state index in [1.54, 1.807) is 11.3 Å². The van der Waals surface area contributed by atoms with Crippen LogP contribution in [-0.4, -0.2) is 19.5 Å². The van der Waals surface area contributed by atoms with Crippen molar-refractivity contribution in [3.8, 4) is 51.0 Å². The molecule has 57 heavy (non-hydrogen) atoms. The molecule has 0 unspecified atom stereocenters. The zero-order valence-corrected chi connectivity index (χ0v) is 31.2. The van der Waals surface area contributed by atoms with Gasteiger partial charge in [-0.25, -0.2) is 15.0 Å². The van der Waals surface area contributed by atoms with Crippen LogP contribution in [0.4, 0.5) is 0 Å². The van der Waals surface area contributed by atoms with Crippen LogP contribution in [0.5, 0.6) is 0 Å². The Kier molecular flexibility index (Phi) is 7.03. The molecule has 4 aromatic heterocycles. The maximum Gasteiger partial charge on any atom is 0.165 e. The molecule has 0 saturated heterocycles. The van der Waals surface area contributed by atoms with Crippen LogP contribution in [0.15, 0.2) is 186 Å². The van der Waals surface area contributed by atoms with Crippen LogP contribution in [0, 0.1) is 0 Å². The van der Waals surface area contributed by atoms with E-state index in [1.807, 2.05) is 48.5 Å². The fraction of sp³-hybridized carbons (Fsp3) is 0. The lowest BCUT2D eigenvalue weighted by atomic mass is 10.0. The summed E-state index contributed by atoms with van der Waals surface area (Å²) in [6.07, 6.45) is 0. The first-order valence-corrected chi connectivity index (χ1v) is 19.8. The molecular weight excluding hydrogens is 717 g/mol. The summed E-state index contributed by atoms with van der Waals surface area (Å²) in [4.78, 5) is 15.9. The second-order valence-corrected chi connectivity index (χ2v) is 15.4. The summed E-state index contributed by atoms with van der Waals surface area (Å²) >= 11 is 1.79. The number of para-hydroxylation sites is 3. The van der Waals surface area contributed by atoms with Gasteiger partial charge in [0.25, 0.3) is 0 Å². The Morgan fingerprint density at radius 2 is 1.02 bits per heavy atom. The van der Waals surface area contributed by atoms with Gasteiger partial charge in [-0.1, -0.05) is 140 Å². The van der Waals surface area contributed by atoms with Gasteiger partial charge in [-0.05, 0) is 53.6 Å². The number of furan rings is 1. The average molecular weight is 747 g/mol. The van der Waals surface area contributed by atoms with Crippen molar-refractivity contribution in [3.05, 3.63) is 182 Å². The van der Waals surface area contributed by atoms with Gasteiger partial charge in [0.05, 0.1) is 11.0 Å². The Morgan fingerprint density at radius 3 is 1.77 bits per heavy atom. The maximum atomic E-state index is 6.33. The molecule has 6 heteroatoms. The molecule has 266 valence electrons. The lowest BCUT2D eigenvalue weighted by molar-refractivity contribution is 0.669. The normalized spacial score (nSPS) is 11.9. The Hall–Kier alpha value is -7.41. The van der Waals surface area contributed by atoms with Crippen LogP contribution < -0.4 is 0 Å². The molecule has 0 atom stereocenters. The third kappa shape index (κ3) is 5.04. The summed E-state index contributed by atoms with van der Waals surface area (Å²) in [7, 11) is 0. The van der Waals surface area contributed by atoms with Gasteiger partial charge in [-0.3, -0.25) is 0 Å². The molecule has 0 fully saturated rings. The maximum absolute atomic E-state index is 6.33. The average Bonchev–Trinajstić information content (AvgIpc) is 3.96. The van der Waals surface area contributed by atoms with Crippen molar-refractivity contribution >= 4 is 75.3 Å². The fourth-order valence-electron chi connectivity index (χ4n) is 8.46. The van der Waals surface area contributed by atoms with E-state index in [0.29, 0.717) is 17.5 Å². The molecule has 12 aromatic rings. The fourth-order valence-corrected chi connectivity index (χ4v) is 9.70. The zero-order valence-electron chi connectivity index (χ0n) is 30.4. The molecule has 0 saturated carbocycles. The third-order valence-electron chi connectivity index (χ3n) is 11.1. The molecule has 0 bridgehead atoms. The predicted octanol–water partition coefficient (Wildman–Crippen LogP) is 13.9. The van der Waals surface area contributed by atoms with E-state index in [2.05, 4.69) is 138 Å². The lowest BCUT2D eigenvalue weighted by Gasteiger charge is -2.13. The summed E-state index contributed by atoms with van der Waals surface area (Å²) in [5, 5.41) is 6.81. The van der Waals surface area contributed by atoms with E-state index in [1.165, 1.54) is 32.0 Å². The molecule has 0 aliphatic rings. The number of thiophene rings is 1. The van der Waals surface area contributed by atoms with Crippen molar-refractivity contribution in [2.24, 2.45) is 0 Å². The van der Waals surface area contributed by atoms with Gasteiger partial charge in [0.1, 0.15) is 11.2 Å². The Morgan fingerprint density at radius 1 is 0.404 bits per heavy atom. The van der Waals surface area contributed by atoms with Gasteiger partial charge >= 0.3 is 0 Å². The molecule has 12 rings (SSSR count). The summed E-state index contributed by atoms with van der Waals surface area (Å²) in [6.45, 7) is 0. The van der Waals surface area contributed by atoms with E-state index in [0.717, 1.165) is 65.4 Å². The van der Waals surface area contributed by atoms with E-state index < -0.39 is 0 Å². The summed E-state index contributed by atoms with van der Waals surface area (Å²) in [6, 6.07) is 63.8. The van der Waals surface area contributed by atoms with Crippen LogP contribution in [-0.2, 0) is 0 Å². The van der Waals surface area contributed by atoms with Crippen molar-refractivity contribution in [1.29, 1.82) is 0 Å². The van der Waals surface area contributed by atoms with Gasteiger partial charge in [0.2, 0.25) is 0 Å². The number of benzene rings is 8.